The highest BCUT2D eigenvalue weighted by molar-refractivity contribution is 5.78. The molecule has 23 heavy (non-hydrogen) atoms. The van der Waals surface area contributed by atoms with Crippen molar-refractivity contribution in [3.8, 4) is 0 Å². The van der Waals surface area contributed by atoms with Crippen LogP contribution in [-0.2, 0) is 31.0 Å². The van der Waals surface area contributed by atoms with Crippen molar-refractivity contribution < 1.29 is 18.0 Å². The zero-order valence-corrected chi connectivity index (χ0v) is 13.1. The van der Waals surface area contributed by atoms with Gasteiger partial charge in [-0.2, -0.15) is 18.3 Å². The van der Waals surface area contributed by atoms with Crippen molar-refractivity contribution in [3.63, 3.8) is 0 Å². The van der Waals surface area contributed by atoms with Gasteiger partial charge in [-0.05, 0) is 19.1 Å². The summed E-state index contributed by atoms with van der Waals surface area (Å²) >= 11 is 0. The topological polar surface area (TPSA) is 51.0 Å². The highest BCUT2D eigenvalue weighted by atomic mass is 19.4. The lowest BCUT2D eigenvalue weighted by Crippen LogP contribution is -2.28. The molecule has 2 heterocycles. The molecular weight excluding hydrogens is 309 g/mol. The molecule has 8 heteroatoms. The standard InChI is InChI=1S/C15H17F3N4O/c1-10-11(8-19-22(10)3)9-21(2)14(23)7-12-5-4-6-13(20-12)15(16,17)18/h4-6,8H,7,9H2,1-3H3. The molecule has 0 atom stereocenters. The lowest BCUT2D eigenvalue weighted by molar-refractivity contribution is -0.141. The molecular formula is C15H17F3N4O. The van der Waals surface area contributed by atoms with Gasteiger partial charge >= 0.3 is 6.18 Å². The molecule has 5 nitrogen and oxygen atoms in total. The number of rotatable bonds is 4. The van der Waals surface area contributed by atoms with Crippen molar-refractivity contribution in [2.24, 2.45) is 7.05 Å². The Hall–Kier alpha value is -2.38. The van der Waals surface area contributed by atoms with E-state index in [0.29, 0.717) is 6.54 Å². The Balaban J connectivity index is 2.05. The predicted octanol–water partition coefficient (Wildman–Crippen LogP) is 2.34. The van der Waals surface area contributed by atoms with Gasteiger partial charge in [-0.15, -0.1) is 0 Å². The van der Waals surface area contributed by atoms with Gasteiger partial charge in [0, 0.05) is 31.9 Å². The molecule has 0 aliphatic heterocycles. The van der Waals surface area contributed by atoms with Gasteiger partial charge in [-0.3, -0.25) is 9.48 Å². The molecule has 0 saturated heterocycles. The van der Waals surface area contributed by atoms with E-state index in [2.05, 4.69) is 10.1 Å². The molecule has 1 amide bonds. The summed E-state index contributed by atoms with van der Waals surface area (Å²) in [5.74, 6) is -0.305. The first-order chi connectivity index (χ1) is 10.7. The largest absolute Gasteiger partial charge is 0.433 e. The quantitative estimate of drug-likeness (QED) is 0.866. The normalized spacial score (nSPS) is 11.6. The van der Waals surface area contributed by atoms with Crippen LogP contribution in [0.25, 0.3) is 0 Å². The predicted molar refractivity (Wildman–Crippen MR) is 77.4 cm³/mol. The molecule has 0 aliphatic carbocycles. The maximum absolute atomic E-state index is 12.6. The van der Waals surface area contributed by atoms with Crippen LogP contribution in [0.4, 0.5) is 13.2 Å². The third-order valence-electron chi connectivity index (χ3n) is 3.60. The fourth-order valence-electron chi connectivity index (χ4n) is 2.07. The number of aromatic nitrogens is 3. The first kappa shape index (κ1) is 17.0. The lowest BCUT2D eigenvalue weighted by atomic mass is 10.2. The maximum atomic E-state index is 12.6. The number of carbonyl (C=O) groups is 1. The summed E-state index contributed by atoms with van der Waals surface area (Å²) in [5, 5.41) is 4.09. The van der Waals surface area contributed by atoms with E-state index < -0.39 is 11.9 Å². The first-order valence-corrected chi connectivity index (χ1v) is 6.93. The van der Waals surface area contributed by atoms with Crippen molar-refractivity contribution in [1.82, 2.24) is 19.7 Å². The summed E-state index contributed by atoms with van der Waals surface area (Å²) in [4.78, 5) is 17.1. The van der Waals surface area contributed by atoms with E-state index in [-0.39, 0.29) is 18.0 Å². The smallest absolute Gasteiger partial charge is 0.341 e. The van der Waals surface area contributed by atoms with Crippen LogP contribution < -0.4 is 0 Å². The monoisotopic (exact) mass is 326 g/mol. The number of nitrogens with zero attached hydrogens (tertiary/aromatic N) is 4. The molecule has 0 radical (unpaired) electrons. The second kappa shape index (κ2) is 6.39. The molecule has 0 spiro atoms. The van der Waals surface area contributed by atoms with Gasteiger partial charge in [-0.25, -0.2) is 4.98 Å². The molecule has 0 N–H and O–H groups in total. The van der Waals surface area contributed by atoms with Crippen LogP contribution >= 0.6 is 0 Å². The lowest BCUT2D eigenvalue weighted by Gasteiger charge is -2.17. The molecule has 0 saturated carbocycles. The van der Waals surface area contributed by atoms with Gasteiger partial charge in [0.2, 0.25) is 5.91 Å². The van der Waals surface area contributed by atoms with Crippen LogP contribution in [0.3, 0.4) is 0 Å². The minimum atomic E-state index is -4.52. The molecule has 124 valence electrons. The number of aryl methyl sites for hydroxylation is 1. The summed E-state index contributed by atoms with van der Waals surface area (Å²) in [6.07, 6.45) is -3.03. The van der Waals surface area contributed by atoms with Crippen LogP contribution in [0.5, 0.6) is 0 Å². The number of hydrogen-bond acceptors (Lipinski definition) is 3. The first-order valence-electron chi connectivity index (χ1n) is 6.93. The van der Waals surface area contributed by atoms with Crippen LogP contribution in [0.2, 0.25) is 0 Å². The third kappa shape index (κ3) is 4.08. The number of pyridine rings is 1. The molecule has 0 aliphatic rings. The Morgan fingerprint density at radius 2 is 2.04 bits per heavy atom. The van der Waals surface area contributed by atoms with E-state index >= 15 is 0 Å². The highest BCUT2D eigenvalue weighted by Gasteiger charge is 2.32. The maximum Gasteiger partial charge on any atom is 0.433 e. The second-order valence-corrected chi connectivity index (χ2v) is 5.32. The zero-order valence-electron chi connectivity index (χ0n) is 13.1. The van der Waals surface area contributed by atoms with E-state index in [4.69, 9.17) is 0 Å². The fourth-order valence-corrected chi connectivity index (χ4v) is 2.07. The van der Waals surface area contributed by atoms with Crippen LogP contribution in [-0.4, -0.2) is 32.6 Å². The molecule has 0 unspecified atom stereocenters. The van der Waals surface area contributed by atoms with E-state index in [1.807, 2.05) is 6.92 Å². The molecule has 0 fully saturated rings. The van der Waals surface area contributed by atoms with Gasteiger partial charge in [0.15, 0.2) is 0 Å². The van der Waals surface area contributed by atoms with Gasteiger partial charge in [0.05, 0.1) is 18.3 Å². The van der Waals surface area contributed by atoms with E-state index in [9.17, 15) is 18.0 Å². The number of carbonyl (C=O) groups excluding carboxylic acids is 1. The number of likely N-dealkylation sites (N-methyl/N-ethyl adjacent to an activating group) is 1. The average Bonchev–Trinajstić information content (AvgIpc) is 2.78. The summed E-state index contributed by atoms with van der Waals surface area (Å²) in [6, 6.07) is 3.55. The minimum absolute atomic E-state index is 0.0968. The summed E-state index contributed by atoms with van der Waals surface area (Å²) < 4.78 is 39.6. The molecule has 2 aromatic rings. The molecule has 2 rings (SSSR count). The van der Waals surface area contributed by atoms with Gasteiger partial charge < -0.3 is 4.90 Å². The van der Waals surface area contributed by atoms with Gasteiger partial charge in [0.25, 0.3) is 0 Å². The van der Waals surface area contributed by atoms with E-state index in [0.717, 1.165) is 17.3 Å². The second-order valence-electron chi connectivity index (χ2n) is 5.32. The Morgan fingerprint density at radius 3 is 2.61 bits per heavy atom. The highest BCUT2D eigenvalue weighted by Crippen LogP contribution is 2.27. The molecule has 2 aromatic heterocycles. The Labute approximate surface area is 131 Å². The fraction of sp³-hybridized carbons (Fsp3) is 0.400. The number of hydrogen-bond donors (Lipinski definition) is 0. The Morgan fingerprint density at radius 1 is 1.35 bits per heavy atom. The van der Waals surface area contributed by atoms with Crippen molar-refractivity contribution in [3.05, 3.63) is 47.0 Å². The van der Waals surface area contributed by atoms with Crippen LogP contribution in [0, 0.1) is 6.92 Å². The van der Waals surface area contributed by atoms with Gasteiger partial charge in [-0.1, -0.05) is 6.07 Å². The average molecular weight is 326 g/mol. The van der Waals surface area contributed by atoms with Crippen LogP contribution in [0.15, 0.2) is 24.4 Å². The van der Waals surface area contributed by atoms with Crippen LogP contribution in [0.1, 0.15) is 22.6 Å². The van der Waals surface area contributed by atoms with Crippen molar-refractivity contribution in [2.45, 2.75) is 26.1 Å². The van der Waals surface area contributed by atoms with E-state index in [1.165, 1.54) is 17.0 Å². The van der Waals surface area contributed by atoms with Crippen molar-refractivity contribution in [1.29, 1.82) is 0 Å². The number of alkyl halides is 3. The Bertz CT molecular complexity index is 709. The number of amides is 1. The molecule has 0 aromatic carbocycles. The SMILES string of the molecule is Cc1c(CN(C)C(=O)Cc2cccc(C(F)(F)F)n2)cnn1C. The summed E-state index contributed by atoms with van der Waals surface area (Å²) in [5.41, 5.74) is 0.926. The van der Waals surface area contributed by atoms with Gasteiger partial charge in [0.1, 0.15) is 5.69 Å². The van der Waals surface area contributed by atoms with Crippen molar-refractivity contribution >= 4 is 5.91 Å². The zero-order chi connectivity index (χ0) is 17.2. The van der Waals surface area contributed by atoms with Crippen molar-refractivity contribution in [2.75, 3.05) is 7.05 Å². The summed E-state index contributed by atoms with van der Waals surface area (Å²) in [6.45, 7) is 2.23. The summed E-state index contributed by atoms with van der Waals surface area (Å²) in [7, 11) is 3.40. The molecule has 0 bridgehead atoms. The minimum Gasteiger partial charge on any atom is -0.341 e. The van der Waals surface area contributed by atoms with E-state index in [1.54, 1.807) is 25.0 Å². The third-order valence-corrected chi connectivity index (χ3v) is 3.60. The number of halogens is 3. The Kier molecular flexibility index (Phi) is 4.72.